The molecule has 0 radical (unpaired) electrons. The summed E-state index contributed by atoms with van der Waals surface area (Å²) < 4.78 is 23.2. The number of aryl methyl sites for hydroxylation is 1. The third kappa shape index (κ3) is 3.44. The van der Waals surface area contributed by atoms with Crippen molar-refractivity contribution >= 4 is 11.8 Å². The third-order valence-electron chi connectivity index (χ3n) is 6.54. The fraction of sp³-hybridized carbons (Fsp3) is 0.440. The van der Waals surface area contributed by atoms with Crippen LogP contribution in [0.3, 0.4) is 0 Å². The Labute approximate surface area is 181 Å². The summed E-state index contributed by atoms with van der Waals surface area (Å²) in [5, 5.41) is 0. The molecule has 2 aromatic carbocycles. The maximum Gasteiger partial charge on any atom is 0.350 e. The van der Waals surface area contributed by atoms with Crippen LogP contribution in [0.5, 0.6) is 17.2 Å². The summed E-state index contributed by atoms with van der Waals surface area (Å²) in [7, 11) is 3.13. The molecule has 3 aliphatic rings. The standard InChI is InChI=1S/C25H26O6/c1-28-21-11-9-19(16-6-8-18-15(14-16)7-10-20(18)26)22(23(21)29-2)31-25(12-13-25)24(27)30-17-4-3-5-17/h6,8-9,11,14,17H,3-5,7,10,12-13H2,1-2H3. The zero-order valence-electron chi connectivity index (χ0n) is 17.9. The summed E-state index contributed by atoms with van der Waals surface area (Å²) in [6.45, 7) is 0. The number of ether oxygens (including phenoxy) is 4. The van der Waals surface area contributed by atoms with Crippen molar-refractivity contribution in [3.63, 3.8) is 0 Å². The van der Waals surface area contributed by atoms with Gasteiger partial charge in [0.1, 0.15) is 6.10 Å². The van der Waals surface area contributed by atoms with Crippen LogP contribution < -0.4 is 14.2 Å². The predicted molar refractivity (Wildman–Crippen MR) is 114 cm³/mol. The van der Waals surface area contributed by atoms with Gasteiger partial charge in [-0.25, -0.2) is 4.79 Å². The van der Waals surface area contributed by atoms with E-state index in [1.54, 1.807) is 14.2 Å². The number of carbonyl (C=O) groups is 2. The second-order valence-electron chi connectivity index (χ2n) is 8.53. The normalized spacial score (nSPS) is 18.7. The maximum atomic E-state index is 12.9. The fourth-order valence-electron chi connectivity index (χ4n) is 4.25. The van der Waals surface area contributed by atoms with Crippen LogP contribution >= 0.6 is 0 Å². The molecule has 0 amide bonds. The lowest BCUT2D eigenvalue weighted by atomic mass is 9.96. The van der Waals surface area contributed by atoms with E-state index in [2.05, 4.69) is 0 Å². The highest BCUT2D eigenvalue weighted by Gasteiger charge is 2.56. The molecule has 2 saturated carbocycles. The van der Waals surface area contributed by atoms with Gasteiger partial charge in [0, 0.05) is 30.4 Å². The summed E-state index contributed by atoms with van der Waals surface area (Å²) in [4.78, 5) is 24.9. The van der Waals surface area contributed by atoms with Crippen molar-refractivity contribution in [2.75, 3.05) is 14.2 Å². The van der Waals surface area contributed by atoms with Gasteiger partial charge in [0.05, 0.1) is 14.2 Å². The lowest BCUT2D eigenvalue weighted by Crippen LogP contribution is -2.36. The lowest BCUT2D eigenvalue weighted by Gasteiger charge is -2.28. The van der Waals surface area contributed by atoms with Crippen LogP contribution in [0.2, 0.25) is 0 Å². The number of hydrogen-bond acceptors (Lipinski definition) is 6. The monoisotopic (exact) mass is 422 g/mol. The highest BCUT2D eigenvalue weighted by Crippen LogP contribution is 2.51. The third-order valence-corrected chi connectivity index (χ3v) is 6.54. The van der Waals surface area contributed by atoms with Crippen molar-refractivity contribution in [3.8, 4) is 28.4 Å². The summed E-state index contributed by atoms with van der Waals surface area (Å²) in [5.41, 5.74) is 2.55. The van der Waals surface area contributed by atoms with Gasteiger partial charge in [0.2, 0.25) is 11.4 Å². The first-order valence-corrected chi connectivity index (χ1v) is 10.9. The van der Waals surface area contributed by atoms with Crippen LogP contribution in [0, 0.1) is 0 Å². The van der Waals surface area contributed by atoms with Crippen molar-refractivity contribution in [2.45, 2.75) is 56.7 Å². The number of benzene rings is 2. The summed E-state index contributed by atoms with van der Waals surface area (Å²) in [6.07, 6.45) is 5.45. The van der Waals surface area contributed by atoms with Crippen LogP contribution in [-0.4, -0.2) is 37.7 Å². The minimum Gasteiger partial charge on any atom is -0.493 e. The van der Waals surface area contributed by atoms with Crippen molar-refractivity contribution < 1.29 is 28.5 Å². The topological polar surface area (TPSA) is 71.1 Å². The highest BCUT2D eigenvalue weighted by molar-refractivity contribution is 6.01. The van der Waals surface area contributed by atoms with Gasteiger partial charge in [-0.05, 0) is 48.9 Å². The highest BCUT2D eigenvalue weighted by atomic mass is 16.6. The minimum absolute atomic E-state index is 0.00879. The molecule has 5 rings (SSSR count). The van der Waals surface area contributed by atoms with Crippen LogP contribution in [0.4, 0.5) is 0 Å². The van der Waals surface area contributed by atoms with Gasteiger partial charge in [-0.3, -0.25) is 4.79 Å². The second kappa shape index (κ2) is 7.59. The number of fused-ring (bicyclic) bond motifs is 1. The number of rotatable bonds is 7. The van der Waals surface area contributed by atoms with E-state index in [1.807, 2.05) is 30.3 Å². The second-order valence-corrected chi connectivity index (χ2v) is 8.53. The molecule has 31 heavy (non-hydrogen) atoms. The molecule has 6 nitrogen and oxygen atoms in total. The van der Waals surface area contributed by atoms with Crippen LogP contribution in [0.25, 0.3) is 11.1 Å². The van der Waals surface area contributed by atoms with Crippen molar-refractivity contribution in [1.29, 1.82) is 0 Å². The van der Waals surface area contributed by atoms with Gasteiger partial charge in [-0.1, -0.05) is 18.2 Å². The Morgan fingerprint density at radius 2 is 1.74 bits per heavy atom. The van der Waals surface area contributed by atoms with Gasteiger partial charge in [-0.2, -0.15) is 0 Å². The quantitative estimate of drug-likeness (QED) is 0.612. The van der Waals surface area contributed by atoms with Crippen molar-refractivity contribution in [1.82, 2.24) is 0 Å². The number of methoxy groups -OCH3 is 2. The zero-order valence-corrected chi connectivity index (χ0v) is 17.9. The Hall–Kier alpha value is -3.02. The van der Waals surface area contributed by atoms with Crippen LogP contribution in [-0.2, 0) is 16.0 Å². The predicted octanol–water partition coefficient (Wildman–Crippen LogP) is 4.51. The Morgan fingerprint density at radius 3 is 2.39 bits per heavy atom. The van der Waals surface area contributed by atoms with Gasteiger partial charge < -0.3 is 18.9 Å². The number of ketones is 1. The fourth-order valence-corrected chi connectivity index (χ4v) is 4.25. The van der Waals surface area contributed by atoms with E-state index >= 15 is 0 Å². The van der Waals surface area contributed by atoms with E-state index < -0.39 is 5.60 Å². The summed E-state index contributed by atoms with van der Waals surface area (Å²) in [6, 6.07) is 9.55. The lowest BCUT2D eigenvalue weighted by molar-refractivity contribution is -0.163. The Kier molecular flexibility index (Phi) is 4.88. The number of hydrogen-bond donors (Lipinski definition) is 0. The van der Waals surface area contributed by atoms with E-state index in [9.17, 15) is 9.59 Å². The minimum atomic E-state index is -0.976. The molecule has 0 saturated heterocycles. The molecule has 0 bridgehead atoms. The molecule has 0 spiro atoms. The maximum absolute atomic E-state index is 12.9. The van der Waals surface area contributed by atoms with Gasteiger partial charge in [-0.15, -0.1) is 0 Å². The summed E-state index contributed by atoms with van der Waals surface area (Å²) in [5.74, 6) is 1.32. The van der Waals surface area contributed by atoms with Crippen molar-refractivity contribution in [3.05, 3.63) is 41.5 Å². The molecule has 0 heterocycles. The molecule has 0 atom stereocenters. The molecule has 3 aliphatic carbocycles. The zero-order chi connectivity index (χ0) is 21.6. The van der Waals surface area contributed by atoms with E-state index in [-0.39, 0.29) is 17.9 Å². The molecule has 0 unspecified atom stereocenters. The SMILES string of the molecule is COc1ccc(-c2ccc3c(c2)CCC3=O)c(OC2(C(=O)OC3CCC3)CC2)c1OC. The first kappa shape index (κ1) is 19.9. The largest absolute Gasteiger partial charge is 0.493 e. The number of carbonyl (C=O) groups excluding carboxylic acids is 2. The molecule has 2 fully saturated rings. The van der Waals surface area contributed by atoms with E-state index in [4.69, 9.17) is 18.9 Å². The molecular weight excluding hydrogens is 396 g/mol. The molecule has 0 aliphatic heterocycles. The molecule has 6 heteroatoms. The van der Waals surface area contributed by atoms with Gasteiger partial charge >= 0.3 is 5.97 Å². The Bertz CT molecular complexity index is 1050. The van der Waals surface area contributed by atoms with E-state index in [0.717, 1.165) is 47.9 Å². The first-order valence-electron chi connectivity index (χ1n) is 10.9. The van der Waals surface area contributed by atoms with Crippen molar-refractivity contribution in [2.24, 2.45) is 0 Å². The first-order chi connectivity index (χ1) is 15.0. The molecular formula is C25H26O6. The van der Waals surface area contributed by atoms with Crippen LogP contribution in [0.15, 0.2) is 30.3 Å². The Balaban J connectivity index is 1.54. The van der Waals surface area contributed by atoms with E-state index in [0.29, 0.717) is 36.5 Å². The Morgan fingerprint density at radius 1 is 0.968 bits per heavy atom. The molecule has 2 aromatic rings. The smallest absolute Gasteiger partial charge is 0.350 e. The number of esters is 1. The summed E-state index contributed by atoms with van der Waals surface area (Å²) >= 11 is 0. The van der Waals surface area contributed by atoms with Gasteiger partial charge in [0.25, 0.3) is 0 Å². The van der Waals surface area contributed by atoms with Crippen LogP contribution in [0.1, 0.15) is 54.4 Å². The molecule has 162 valence electrons. The average Bonchev–Trinajstić information content (AvgIpc) is 3.45. The van der Waals surface area contributed by atoms with Gasteiger partial charge in [0.15, 0.2) is 17.3 Å². The molecule has 0 N–H and O–H groups in total. The van der Waals surface area contributed by atoms with E-state index in [1.165, 1.54) is 0 Å². The number of Topliss-reactive ketones (excluding diaryl/α,β-unsaturated/α-hetero) is 1. The average molecular weight is 422 g/mol. The molecule has 0 aromatic heterocycles.